The number of aliphatic carboxylic acids is 1. The van der Waals surface area contributed by atoms with E-state index >= 15 is 0 Å². The molecule has 4 heteroatoms. The zero-order chi connectivity index (χ0) is 15.5. The van der Waals surface area contributed by atoms with Crippen molar-refractivity contribution in [2.24, 2.45) is 11.3 Å². The lowest BCUT2D eigenvalue weighted by atomic mass is 9.78. The van der Waals surface area contributed by atoms with E-state index in [1.54, 1.807) is 0 Å². The number of hydrogen-bond donors (Lipinski definition) is 1. The molecule has 0 radical (unpaired) electrons. The minimum absolute atomic E-state index is 0.0653. The van der Waals surface area contributed by atoms with Crippen molar-refractivity contribution in [2.45, 2.75) is 77.7 Å². The predicted molar refractivity (Wildman–Crippen MR) is 82.0 cm³/mol. The van der Waals surface area contributed by atoms with E-state index in [4.69, 9.17) is 0 Å². The van der Waals surface area contributed by atoms with Crippen LogP contribution < -0.4 is 0 Å². The van der Waals surface area contributed by atoms with Crippen molar-refractivity contribution >= 4 is 11.9 Å². The van der Waals surface area contributed by atoms with Gasteiger partial charge in [0.2, 0.25) is 5.91 Å². The molecule has 0 aromatic heterocycles. The fraction of sp³-hybridized carbons (Fsp3) is 0.882. The van der Waals surface area contributed by atoms with Crippen LogP contribution in [0.3, 0.4) is 0 Å². The van der Waals surface area contributed by atoms with Gasteiger partial charge >= 0.3 is 5.97 Å². The number of carbonyl (C=O) groups is 2. The highest BCUT2D eigenvalue weighted by atomic mass is 16.4. The molecular weight excluding hydrogens is 266 g/mol. The van der Waals surface area contributed by atoms with Crippen LogP contribution in [0.1, 0.15) is 71.6 Å². The van der Waals surface area contributed by atoms with Gasteiger partial charge in [-0.15, -0.1) is 0 Å². The summed E-state index contributed by atoms with van der Waals surface area (Å²) in [6.07, 6.45) is 8.43. The normalized spacial score (nSPS) is 23.7. The molecule has 0 aromatic rings. The minimum Gasteiger partial charge on any atom is -0.481 e. The van der Waals surface area contributed by atoms with E-state index in [0.29, 0.717) is 24.8 Å². The summed E-state index contributed by atoms with van der Waals surface area (Å²) in [6, 6.07) is 0.375. The van der Waals surface area contributed by atoms with Crippen LogP contribution in [-0.4, -0.2) is 34.5 Å². The molecule has 2 rings (SSSR count). The summed E-state index contributed by atoms with van der Waals surface area (Å²) in [5, 5.41) is 9.52. The summed E-state index contributed by atoms with van der Waals surface area (Å²) < 4.78 is 0. The Morgan fingerprint density at radius 2 is 1.71 bits per heavy atom. The highest BCUT2D eigenvalue weighted by Crippen LogP contribution is 2.38. The third kappa shape index (κ3) is 3.24. The monoisotopic (exact) mass is 295 g/mol. The van der Waals surface area contributed by atoms with Crippen molar-refractivity contribution in [3.63, 3.8) is 0 Å². The molecule has 2 fully saturated rings. The second-order valence-electron chi connectivity index (χ2n) is 6.81. The van der Waals surface area contributed by atoms with Gasteiger partial charge < -0.3 is 10.0 Å². The second-order valence-corrected chi connectivity index (χ2v) is 6.81. The maximum atomic E-state index is 12.7. The van der Waals surface area contributed by atoms with Gasteiger partial charge in [-0.3, -0.25) is 9.59 Å². The van der Waals surface area contributed by atoms with Gasteiger partial charge in [-0.25, -0.2) is 0 Å². The number of amides is 1. The van der Waals surface area contributed by atoms with E-state index in [-0.39, 0.29) is 12.3 Å². The van der Waals surface area contributed by atoms with Crippen LogP contribution in [0.4, 0.5) is 0 Å². The van der Waals surface area contributed by atoms with E-state index in [2.05, 4.69) is 0 Å². The van der Waals surface area contributed by atoms with Gasteiger partial charge in [0, 0.05) is 19.0 Å². The quantitative estimate of drug-likeness (QED) is 0.816. The maximum absolute atomic E-state index is 12.7. The summed E-state index contributed by atoms with van der Waals surface area (Å²) in [6.45, 7) is 4.58. The van der Waals surface area contributed by atoms with Crippen LogP contribution in [0.15, 0.2) is 0 Å². The molecule has 1 amide bonds. The molecule has 21 heavy (non-hydrogen) atoms. The van der Waals surface area contributed by atoms with E-state index < -0.39 is 11.4 Å². The Bertz CT molecular complexity index is 383. The number of nitrogens with zero attached hydrogens (tertiary/aromatic N) is 1. The Labute approximate surface area is 127 Å². The number of carboxylic acids is 1. The SMILES string of the molecule is CCC(CC)(CC(=O)N1CCCC1C1CCCC1)C(=O)O. The van der Waals surface area contributed by atoms with E-state index in [1.165, 1.54) is 25.7 Å². The molecule has 1 aliphatic carbocycles. The highest BCUT2D eigenvalue weighted by molar-refractivity contribution is 5.85. The number of likely N-dealkylation sites (tertiary alicyclic amines) is 1. The first-order valence-electron chi connectivity index (χ1n) is 8.57. The zero-order valence-electron chi connectivity index (χ0n) is 13.4. The van der Waals surface area contributed by atoms with Gasteiger partial charge in [-0.1, -0.05) is 26.7 Å². The molecule has 0 aromatic carbocycles. The van der Waals surface area contributed by atoms with E-state index in [1.807, 2.05) is 18.7 Å². The molecule has 0 spiro atoms. The largest absolute Gasteiger partial charge is 0.481 e. The van der Waals surface area contributed by atoms with Crippen LogP contribution in [-0.2, 0) is 9.59 Å². The van der Waals surface area contributed by atoms with Gasteiger partial charge in [0.05, 0.1) is 5.41 Å². The minimum atomic E-state index is -0.875. The van der Waals surface area contributed by atoms with Gasteiger partial charge in [-0.2, -0.15) is 0 Å². The predicted octanol–water partition coefficient (Wildman–Crippen LogP) is 3.45. The first-order chi connectivity index (χ1) is 10.0. The fourth-order valence-corrected chi connectivity index (χ4v) is 4.20. The van der Waals surface area contributed by atoms with Crippen LogP contribution >= 0.6 is 0 Å². The molecule has 1 N–H and O–H groups in total. The Morgan fingerprint density at radius 3 is 2.24 bits per heavy atom. The van der Waals surface area contributed by atoms with Crippen molar-refractivity contribution in [1.82, 2.24) is 4.90 Å². The third-order valence-electron chi connectivity index (χ3n) is 5.86. The average Bonchev–Trinajstić information content (AvgIpc) is 3.13. The first-order valence-corrected chi connectivity index (χ1v) is 8.57. The van der Waals surface area contributed by atoms with E-state index in [0.717, 1.165) is 19.4 Å². The molecule has 120 valence electrons. The van der Waals surface area contributed by atoms with Crippen molar-refractivity contribution in [1.29, 1.82) is 0 Å². The molecule has 1 aliphatic heterocycles. The summed E-state index contributed by atoms with van der Waals surface area (Å²) in [5.41, 5.74) is -0.875. The summed E-state index contributed by atoms with van der Waals surface area (Å²) in [5.74, 6) is -0.105. The van der Waals surface area contributed by atoms with Crippen LogP contribution in [0.2, 0.25) is 0 Å². The van der Waals surface area contributed by atoms with Crippen LogP contribution in [0.25, 0.3) is 0 Å². The molecule has 2 aliphatic rings. The van der Waals surface area contributed by atoms with Gasteiger partial charge in [-0.05, 0) is 44.4 Å². The molecule has 4 nitrogen and oxygen atoms in total. The standard InChI is InChI=1S/C17H29NO3/c1-3-17(4-2,16(20)21)12-15(19)18-11-7-10-14(18)13-8-5-6-9-13/h13-14H,3-12H2,1-2H3,(H,20,21). The summed E-state index contributed by atoms with van der Waals surface area (Å²) >= 11 is 0. The first kappa shape index (κ1) is 16.3. The fourth-order valence-electron chi connectivity index (χ4n) is 4.20. The topological polar surface area (TPSA) is 57.6 Å². The third-order valence-corrected chi connectivity index (χ3v) is 5.86. The molecule has 1 saturated carbocycles. The van der Waals surface area contributed by atoms with E-state index in [9.17, 15) is 14.7 Å². The Balaban J connectivity index is 2.05. The molecule has 1 saturated heterocycles. The lowest BCUT2D eigenvalue weighted by molar-refractivity contribution is -0.154. The number of carbonyl (C=O) groups excluding carboxylic acids is 1. The molecular formula is C17H29NO3. The number of hydrogen-bond acceptors (Lipinski definition) is 2. The van der Waals surface area contributed by atoms with Crippen LogP contribution in [0.5, 0.6) is 0 Å². The second kappa shape index (κ2) is 6.80. The van der Waals surface area contributed by atoms with Crippen molar-refractivity contribution < 1.29 is 14.7 Å². The summed E-state index contributed by atoms with van der Waals surface area (Å²) in [4.78, 5) is 26.3. The number of rotatable bonds is 6. The number of carboxylic acid groups (broad SMARTS) is 1. The molecule has 1 heterocycles. The van der Waals surface area contributed by atoms with Gasteiger partial charge in [0.15, 0.2) is 0 Å². The maximum Gasteiger partial charge on any atom is 0.310 e. The molecule has 0 bridgehead atoms. The van der Waals surface area contributed by atoms with Gasteiger partial charge in [0.1, 0.15) is 0 Å². The summed E-state index contributed by atoms with van der Waals surface area (Å²) in [7, 11) is 0. The Morgan fingerprint density at radius 1 is 1.10 bits per heavy atom. The average molecular weight is 295 g/mol. The lowest BCUT2D eigenvalue weighted by Gasteiger charge is -2.33. The Hall–Kier alpha value is -1.06. The Kier molecular flexibility index (Phi) is 5.28. The zero-order valence-corrected chi connectivity index (χ0v) is 13.4. The van der Waals surface area contributed by atoms with Gasteiger partial charge in [0.25, 0.3) is 0 Å². The highest BCUT2D eigenvalue weighted by Gasteiger charge is 2.42. The smallest absolute Gasteiger partial charge is 0.310 e. The lowest BCUT2D eigenvalue weighted by Crippen LogP contribution is -2.43. The van der Waals surface area contributed by atoms with Crippen molar-refractivity contribution in [2.75, 3.05) is 6.54 Å². The molecule has 1 atom stereocenters. The van der Waals surface area contributed by atoms with Crippen LogP contribution in [0, 0.1) is 11.3 Å². The van der Waals surface area contributed by atoms with Crippen molar-refractivity contribution in [3.8, 4) is 0 Å². The van der Waals surface area contributed by atoms with Crippen molar-refractivity contribution in [3.05, 3.63) is 0 Å². The molecule has 1 unspecified atom stereocenters.